The maximum Gasteiger partial charge on any atom is 0.127 e. The molecule has 1 aromatic heterocycles. The number of ether oxygens (including phenoxy) is 1. The minimum atomic E-state index is 0.790. The van der Waals surface area contributed by atoms with Crippen molar-refractivity contribution in [1.82, 2.24) is 9.97 Å². The van der Waals surface area contributed by atoms with E-state index in [1.807, 2.05) is 13.0 Å². The molecule has 96 valence electrons. The summed E-state index contributed by atoms with van der Waals surface area (Å²) < 4.78 is 6.29. The van der Waals surface area contributed by atoms with Gasteiger partial charge in [0.2, 0.25) is 0 Å². The molecule has 3 nitrogen and oxygen atoms in total. The van der Waals surface area contributed by atoms with E-state index < -0.39 is 0 Å². The average Bonchev–Trinajstić information content (AvgIpc) is 2.67. The molecule has 0 saturated carbocycles. The van der Waals surface area contributed by atoms with Crippen molar-refractivity contribution in [2.75, 3.05) is 7.11 Å². The summed E-state index contributed by atoms with van der Waals surface area (Å²) in [6, 6.07) is 6.34. The second kappa shape index (κ2) is 5.57. The number of H-pyrrole nitrogens is 1. The second-order valence-electron chi connectivity index (χ2n) is 4.27. The third-order valence-electron chi connectivity index (χ3n) is 2.97. The highest BCUT2D eigenvalue weighted by atomic mass is 79.9. The predicted octanol–water partition coefficient (Wildman–Crippen LogP) is 3.64. The monoisotopic (exact) mass is 308 g/mol. The van der Waals surface area contributed by atoms with Gasteiger partial charge in [0.1, 0.15) is 16.2 Å². The summed E-state index contributed by atoms with van der Waals surface area (Å²) in [6.07, 6.45) is 1.82. The summed E-state index contributed by atoms with van der Waals surface area (Å²) in [4.78, 5) is 7.59. The van der Waals surface area contributed by atoms with E-state index in [1.165, 1.54) is 11.1 Å². The van der Waals surface area contributed by atoms with E-state index >= 15 is 0 Å². The van der Waals surface area contributed by atoms with Crippen LogP contribution in [0.3, 0.4) is 0 Å². The molecule has 0 fully saturated rings. The summed E-state index contributed by atoms with van der Waals surface area (Å²) in [7, 11) is 1.71. The van der Waals surface area contributed by atoms with E-state index in [4.69, 9.17) is 4.74 Å². The van der Waals surface area contributed by atoms with Crippen LogP contribution in [-0.2, 0) is 12.8 Å². The van der Waals surface area contributed by atoms with Crippen LogP contribution in [0.2, 0.25) is 0 Å². The molecule has 0 aliphatic rings. The second-order valence-corrected chi connectivity index (χ2v) is 5.02. The van der Waals surface area contributed by atoms with Crippen molar-refractivity contribution in [2.45, 2.75) is 26.7 Å². The SMILES string of the molecule is CCc1ccc(OC)c(Cc2[nH]c(C)nc2Br)c1. The molecule has 4 heteroatoms. The number of aromatic amines is 1. The first-order valence-corrected chi connectivity index (χ1v) is 6.80. The van der Waals surface area contributed by atoms with Gasteiger partial charge < -0.3 is 9.72 Å². The Labute approximate surface area is 116 Å². The van der Waals surface area contributed by atoms with E-state index in [2.05, 4.69) is 45.0 Å². The number of halogens is 1. The standard InChI is InChI=1S/C14H17BrN2O/c1-4-10-5-6-13(18-3)11(7-10)8-12-14(15)17-9(2)16-12/h5-7H,4,8H2,1-3H3,(H,16,17). The predicted molar refractivity (Wildman–Crippen MR) is 76.2 cm³/mol. The van der Waals surface area contributed by atoms with Gasteiger partial charge in [0.25, 0.3) is 0 Å². The quantitative estimate of drug-likeness (QED) is 0.936. The number of methoxy groups -OCH3 is 1. The van der Waals surface area contributed by atoms with Gasteiger partial charge in [-0.25, -0.2) is 4.98 Å². The smallest absolute Gasteiger partial charge is 0.127 e. The highest BCUT2D eigenvalue weighted by molar-refractivity contribution is 9.10. The van der Waals surface area contributed by atoms with E-state index in [9.17, 15) is 0 Å². The first-order valence-electron chi connectivity index (χ1n) is 6.00. The summed E-state index contributed by atoms with van der Waals surface area (Å²) in [5.74, 6) is 1.84. The van der Waals surface area contributed by atoms with Gasteiger partial charge in [-0.05, 0) is 40.9 Å². The van der Waals surface area contributed by atoms with Crippen LogP contribution in [0.25, 0.3) is 0 Å². The summed E-state index contributed by atoms with van der Waals surface area (Å²) >= 11 is 3.47. The van der Waals surface area contributed by atoms with Gasteiger partial charge in [0.15, 0.2) is 0 Å². The van der Waals surface area contributed by atoms with E-state index in [-0.39, 0.29) is 0 Å². The molecule has 0 spiro atoms. The molecule has 2 aromatic rings. The fourth-order valence-corrected chi connectivity index (χ4v) is 2.52. The Hall–Kier alpha value is -1.29. The Morgan fingerprint density at radius 3 is 2.72 bits per heavy atom. The van der Waals surface area contributed by atoms with E-state index in [1.54, 1.807) is 7.11 Å². The first-order chi connectivity index (χ1) is 8.63. The lowest BCUT2D eigenvalue weighted by Gasteiger charge is -2.09. The molecule has 0 radical (unpaired) electrons. The zero-order chi connectivity index (χ0) is 13.1. The number of aryl methyl sites for hydroxylation is 2. The van der Waals surface area contributed by atoms with Gasteiger partial charge in [-0.2, -0.15) is 0 Å². The van der Waals surface area contributed by atoms with Crippen molar-refractivity contribution < 1.29 is 4.74 Å². The highest BCUT2D eigenvalue weighted by Gasteiger charge is 2.10. The molecule has 0 bridgehead atoms. The van der Waals surface area contributed by atoms with Crippen LogP contribution in [0.4, 0.5) is 0 Å². The fraction of sp³-hybridized carbons (Fsp3) is 0.357. The normalized spacial score (nSPS) is 10.7. The van der Waals surface area contributed by atoms with Gasteiger partial charge in [-0.15, -0.1) is 0 Å². The molecule has 0 aliphatic carbocycles. The lowest BCUT2D eigenvalue weighted by Crippen LogP contribution is -1.96. The van der Waals surface area contributed by atoms with Crippen LogP contribution >= 0.6 is 15.9 Å². The Bertz CT molecular complexity index is 549. The van der Waals surface area contributed by atoms with E-state index in [0.717, 1.165) is 34.7 Å². The Balaban J connectivity index is 2.35. The average molecular weight is 309 g/mol. The molecule has 0 saturated heterocycles. The number of nitrogens with zero attached hydrogens (tertiary/aromatic N) is 1. The maximum atomic E-state index is 5.41. The number of hydrogen-bond acceptors (Lipinski definition) is 2. The van der Waals surface area contributed by atoms with Crippen molar-refractivity contribution in [3.8, 4) is 5.75 Å². The number of aromatic nitrogens is 2. The zero-order valence-corrected chi connectivity index (χ0v) is 12.5. The van der Waals surface area contributed by atoms with Crippen LogP contribution in [0.1, 0.15) is 29.6 Å². The van der Waals surface area contributed by atoms with Crippen LogP contribution < -0.4 is 4.74 Å². The molecule has 1 N–H and O–H groups in total. The lowest BCUT2D eigenvalue weighted by atomic mass is 10.0. The molecule has 18 heavy (non-hydrogen) atoms. The number of hydrogen-bond donors (Lipinski definition) is 1. The molecular weight excluding hydrogens is 292 g/mol. The first kappa shape index (κ1) is 13.1. The van der Waals surface area contributed by atoms with Crippen LogP contribution in [0.5, 0.6) is 5.75 Å². The number of rotatable bonds is 4. The molecule has 0 aliphatic heterocycles. The highest BCUT2D eigenvalue weighted by Crippen LogP contribution is 2.25. The number of nitrogens with one attached hydrogen (secondary N) is 1. The molecule has 1 heterocycles. The van der Waals surface area contributed by atoms with Gasteiger partial charge in [-0.1, -0.05) is 19.1 Å². The third-order valence-corrected chi connectivity index (χ3v) is 3.62. The minimum absolute atomic E-state index is 0.790. The molecule has 0 unspecified atom stereocenters. The molecule has 0 atom stereocenters. The maximum absolute atomic E-state index is 5.41. The Morgan fingerprint density at radius 1 is 1.39 bits per heavy atom. The zero-order valence-electron chi connectivity index (χ0n) is 10.9. The van der Waals surface area contributed by atoms with Crippen LogP contribution in [-0.4, -0.2) is 17.1 Å². The molecule has 2 rings (SSSR count). The van der Waals surface area contributed by atoms with Crippen molar-refractivity contribution in [3.63, 3.8) is 0 Å². The van der Waals surface area contributed by atoms with E-state index in [0.29, 0.717) is 0 Å². The molecule has 1 aromatic carbocycles. The van der Waals surface area contributed by atoms with Crippen molar-refractivity contribution in [3.05, 3.63) is 45.4 Å². The number of imidazole rings is 1. The van der Waals surface area contributed by atoms with Gasteiger partial charge in [0.05, 0.1) is 12.8 Å². The fourth-order valence-electron chi connectivity index (χ4n) is 2.01. The van der Waals surface area contributed by atoms with Gasteiger partial charge in [-0.3, -0.25) is 0 Å². The van der Waals surface area contributed by atoms with Crippen LogP contribution in [0, 0.1) is 6.92 Å². The topological polar surface area (TPSA) is 37.9 Å². The Morgan fingerprint density at radius 2 is 2.17 bits per heavy atom. The third kappa shape index (κ3) is 2.75. The van der Waals surface area contributed by atoms with Crippen molar-refractivity contribution in [2.24, 2.45) is 0 Å². The largest absolute Gasteiger partial charge is 0.496 e. The summed E-state index contributed by atoms with van der Waals surface area (Å²) in [5.41, 5.74) is 3.58. The minimum Gasteiger partial charge on any atom is -0.496 e. The summed E-state index contributed by atoms with van der Waals surface area (Å²) in [5, 5.41) is 0. The van der Waals surface area contributed by atoms with Gasteiger partial charge in [0, 0.05) is 12.0 Å². The molecular formula is C14H17BrN2O. The van der Waals surface area contributed by atoms with Crippen molar-refractivity contribution in [1.29, 1.82) is 0 Å². The van der Waals surface area contributed by atoms with Crippen molar-refractivity contribution >= 4 is 15.9 Å². The van der Waals surface area contributed by atoms with Crippen LogP contribution in [0.15, 0.2) is 22.8 Å². The lowest BCUT2D eigenvalue weighted by molar-refractivity contribution is 0.410. The number of benzene rings is 1. The Kier molecular flexibility index (Phi) is 4.07. The van der Waals surface area contributed by atoms with Gasteiger partial charge >= 0.3 is 0 Å². The molecule has 0 amide bonds. The summed E-state index contributed by atoms with van der Waals surface area (Å²) in [6.45, 7) is 4.11.